The van der Waals surface area contributed by atoms with Gasteiger partial charge < -0.3 is 24.8 Å². The van der Waals surface area contributed by atoms with Crippen molar-refractivity contribution in [1.82, 2.24) is 30.3 Å². The molecule has 2 heterocycles. The molecule has 1 aromatic heterocycles. The fourth-order valence-electron chi connectivity index (χ4n) is 4.06. The maximum absolute atomic E-state index is 5.17. The van der Waals surface area contributed by atoms with Crippen LogP contribution in [-0.4, -0.2) is 71.1 Å². The molecule has 0 radical (unpaired) electrons. The summed E-state index contributed by atoms with van der Waals surface area (Å²) < 4.78 is 7.18. The van der Waals surface area contributed by atoms with Crippen molar-refractivity contribution in [2.75, 3.05) is 33.4 Å². The number of aryl methyl sites for hydroxylation is 1. The summed E-state index contributed by atoms with van der Waals surface area (Å²) >= 11 is 0. The number of rotatable bonds is 8. The van der Waals surface area contributed by atoms with Crippen molar-refractivity contribution in [3.8, 4) is 0 Å². The molecule has 1 aliphatic heterocycles. The lowest BCUT2D eigenvalue weighted by Gasteiger charge is -2.33. The second-order valence-electron chi connectivity index (χ2n) is 8.12. The van der Waals surface area contributed by atoms with Gasteiger partial charge in [-0.2, -0.15) is 0 Å². The molecule has 0 unspecified atom stereocenters. The van der Waals surface area contributed by atoms with Crippen LogP contribution in [0.4, 0.5) is 0 Å². The molecular weight excluding hydrogens is 354 g/mol. The third-order valence-electron chi connectivity index (χ3n) is 6.01. The highest BCUT2D eigenvalue weighted by Crippen LogP contribution is 2.18. The first-order valence-electron chi connectivity index (χ1n) is 10.8. The number of hydrogen-bond donors (Lipinski definition) is 2. The fourth-order valence-corrected chi connectivity index (χ4v) is 4.06. The maximum atomic E-state index is 5.17. The topological polar surface area (TPSA) is 79.6 Å². The van der Waals surface area contributed by atoms with Crippen LogP contribution in [0.15, 0.2) is 4.99 Å². The van der Waals surface area contributed by atoms with Crippen LogP contribution in [0.3, 0.4) is 0 Å². The molecule has 1 saturated carbocycles. The molecule has 28 heavy (non-hydrogen) atoms. The van der Waals surface area contributed by atoms with Gasteiger partial charge >= 0.3 is 0 Å². The molecule has 0 atom stereocenters. The molecule has 1 aromatic rings. The Kier molecular flexibility index (Phi) is 8.09. The van der Waals surface area contributed by atoms with Crippen LogP contribution < -0.4 is 10.6 Å². The first-order chi connectivity index (χ1) is 13.7. The molecule has 1 saturated heterocycles. The maximum Gasteiger partial charge on any atom is 0.192 e. The van der Waals surface area contributed by atoms with E-state index in [0.29, 0.717) is 18.6 Å². The number of aromatic nitrogens is 3. The van der Waals surface area contributed by atoms with E-state index >= 15 is 0 Å². The zero-order chi connectivity index (χ0) is 19.8. The van der Waals surface area contributed by atoms with Crippen molar-refractivity contribution in [2.45, 2.75) is 70.5 Å². The van der Waals surface area contributed by atoms with Gasteiger partial charge in [-0.05, 0) is 39.0 Å². The highest BCUT2D eigenvalue weighted by molar-refractivity contribution is 5.80. The normalized spacial score (nSPS) is 20.0. The number of hydrogen-bond acceptors (Lipinski definition) is 5. The Labute approximate surface area is 169 Å². The van der Waals surface area contributed by atoms with Crippen LogP contribution in [0, 0.1) is 6.92 Å². The van der Waals surface area contributed by atoms with Crippen LogP contribution in [0.25, 0.3) is 0 Å². The minimum atomic E-state index is 0.479. The minimum absolute atomic E-state index is 0.479. The lowest BCUT2D eigenvalue weighted by atomic mass is 10.1. The average molecular weight is 392 g/mol. The fraction of sp³-hybridized carbons (Fsp3) is 0.850. The molecule has 0 spiro atoms. The Morgan fingerprint density at radius 1 is 1.11 bits per heavy atom. The third kappa shape index (κ3) is 6.17. The second-order valence-corrected chi connectivity index (χ2v) is 8.12. The third-order valence-corrected chi connectivity index (χ3v) is 6.01. The molecular formula is C20H37N7O. The van der Waals surface area contributed by atoms with E-state index in [0.717, 1.165) is 63.1 Å². The molecule has 3 rings (SSSR count). The van der Waals surface area contributed by atoms with Gasteiger partial charge in [-0.1, -0.05) is 12.8 Å². The van der Waals surface area contributed by atoms with Gasteiger partial charge in [0.1, 0.15) is 12.4 Å². The van der Waals surface area contributed by atoms with Crippen molar-refractivity contribution in [3.05, 3.63) is 11.6 Å². The Bertz CT molecular complexity index is 616. The van der Waals surface area contributed by atoms with Crippen molar-refractivity contribution in [3.63, 3.8) is 0 Å². The minimum Gasteiger partial charge on any atom is -0.385 e. The van der Waals surface area contributed by atoms with Crippen LogP contribution in [0.1, 0.15) is 56.6 Å². The number of aliphatic imine (C=N–C) groups is 1. The van der Waals surface area contributed by atoms with Gasteiger partial charge in [-0.25, -0.2) is 4.99 Å². The molecule has 2 fully saturated rings. The van der Waals surface area contributed by atoms with E-state index in [-0.39, 0.29) is 0 Å². The summed E-state index contributed by atoms with van der Waals surface area (Å²) in [6.07, 6.45) is 8.52. The smallest absolute Gasteiger partial charge is 0.192 e. The Morgan fingerprint density at radius 3 is 2.39 bits per heavy atom. The summed E-state index contributed by atoms with van der Waals surface area (Å²) in [7, 11) is 3.77. The van der Waals surface area contributed by atoms with E-state index in [1.165, 1.54) is 25.7 Å². The summed E-state index contributed by atoms with van der Waals surface area (Å²) in [5, 5.41) is 15.7. The average Bonchev–Trinajstić information content (AvgIpc) is 3.32. The van der Waals surface area contributed by atoms with Crippen molar-refractivity contribution >= 4 is 5.96 Å². The molecule has 158 valence electrons. The summed E-state index contributed by atoms with van der Waals surface area (Å²) in [6.45, 7) is 6.78. The van der Waals surface area contributed by atoms with Crippen LogP contribution >= 0.6 is 0 Å². The second kappa shape index (κ2) is 10.8. The van der Waals surface area contributed by atoms with Gasteiger partial charge in [0, 0.05) is 52.5 Å². The van der Waals surface area contributed by atoms with E-state index in [4.69, 9.17) is 9.73 Å². The zero-order valence-corrected chi connectivity index (χ0v) is 17.8. The van der Waals surface area contributed by atoms with Gasteiger partial charge in [-0.3, -0.25) is 0 Å². The standard InChI is InChI=1S/C20H37N7O/c1-16-24-25-19(26(16)2)15-21-20(22-17-7-4-5-8-17)23-18-9-12-27(13-10-18)11-6-14-28-3/h17-18H,4-15H2,1-3H3,(H2,21,22,23). The summed E-state index contributed by atoms with van der Waals surface area (Å²) in [4.78, 5) is 7.39. The number of likely N-dealkylation sites (tertiary alicyclic amines) is 1. The van der Waals surface area contributed by atoms with E-state index in [1.54, 1.807) is 7.11 Å². The molecule has 0 amide bonds. The number of nitrogens with zero attached hydrogens (tertiary/aromatic N) is 5. The summed E-state index contributed by atoms with van der Waals surface area (Å²) in [6, 6.07) is 1.02. The predicted molar refractivity (Wildman–Crippen MR) is 111 cm³/mol. The quantitative estimate of drug-likeness (QED) is 0.398. The molecule has 1 aliphatic carbocycles. The molecule has 0 bridgehead atoms. The lowest BCUT2D eigenvalue weighted by molar-refractivity contribution is 0.155. The molecule has 0 aromatic carbocycles. The zero-order valence-electron chi connectivity index (χ0n) is 17.8. The first kappa shape index (κ1) is 21.0. The van der Waals surface area contributed by atoms with Gasteiger partial charge in [-0.15, -0.1) is 10.2 Å². The van der Waals surface area contributed by atoms with E-state index in [1.807, 2.05) is 18.5 Å². The largest absolute Gasteiger partial charge is 0.385 e. The van der Waals surface area contributed by atoms with Crippen molar-refractivity contribution in [1.29, 1.82) is 0 Å². The molecule has 8 heteroatoms. The number of methoxy groups -OCH3 is 1. The van der Waals surface area contributed by atoms with Crippen molar-refractivity contribution < 1.29 is 4.74 Å². The van der Waals surface area contributed by atoms with E-state index < -0.39 is 0 Å². The highest BCUT2D eigenvalue weighted by atomic mass is 16.5. The summed E-state index contributed by atoms with van der Waals surface area (Å²) in [5.41, 5.74) is 0. The molecule has 2 aliphatic rings. The number of ether oxygens (including phenoxy) is 1. The first-order valence-corrected chi connectivity index (χ1v) is 10.8. The predicted octanol–water partition coefficient (Wildman–Crippen LogP) is 1.60. The Morgan fingerprint density at radius 2 is 1.79 bits per heavy atom. The van der Waals surface area contributed by atoms with Gasteiger partial charge in [0.05, 0.1) is 0 Å². The van der Waals surface area contributed by atoms with Gasteiger partial charge in [0.25, 0.3) is 0 Å². The molecule has 2 N–H and O–H groups in total. The number of guanidine groups is 1. The Balaban J connectivity index is 1.53. The SMILES string of the molecule is COCCCN1CCC(NC(=NCc2nnc(C)n2C)NC2CCCC2)CC1. The molecule has 8 nitrogen and oxygen atoms in total. The van der Waals surface area contributed by atoms with Gasteiger partial charge in [0.15, 0.2) is 11.8 Å². The number of nitrogens with one attached hydrogen (secondary N) is 2. The number of piperidine rings is 1. The van der Waals surface area contributed by atoms with Gasteiger partial charge in [0.2, 0.25) is 0 Å². The lowest BCUT2D eigenvalue weighted by Crippen LogP contribution is -2.50. The van der Waals surface area contributed by atoms with Crippen molar-refractivity contribution in [2.24, 2.45) is 12.0 Å². The summed E-state index contributed by atoms with van der Waals surface area (Å²) in [5.74, 6) is 2.76. The van der Waals surface area contributed by atoms with Crippen LogP contribution in [0.2, 0.25) is 0 Å². The Hall–Kier alpha value is -1.67. The van der Waals surface area contributed by atoms with E-state index in [9.17, 15) is 0 Å². The van der Waals surface area contributed by atoms with Crippen LogP contribution in [-0.2, 0) is 18.3 Å². The van der Waals surface area contributed by atoms with Crippen LogP contribution in [0.5, 0.6) is 0 Å². The van der Waals surface area contributed by atoms with E-state index in [2.05, 4.69) is 25.7 Å². The monoisotopic (exact) mass is 391 g/mol. The highest BCUT2D eigenvalue weighted by Gasteiger charge is 2.22.